The SMILES string of the molecule is Cc1cc(-c2ncn(/C=C(/C(N)=O)c3nccs3)n2)cc(C(F)(F)F)c1.Cc1cc(C)cc(-c2ncn(/C=C(\C(N)=O)c3ccc(Cl)nc3)n2)c1.Cc1cc(C)cc(-c2ncn(/C=C(\C(N)=O)c3ccc(F)nc3)n2)c1.Cc1cc(C)cc(-c2ncn(/C=C(\C(N)=O)c3cccnc3F)n2)c1.Cc1cc(C)cc(-c2ncn(/C=C(\C(N)=O)c3ccnc(F)c3)n2)c1.Cc1cc(C)cc(-c2ncn(/C=C(\C(N)=O)c3cncnc3)n2)c1. The van der Waals surface area contributed by atoms with Gasteiger partial charge >= 0.3 is 6.18 Å². The number of halogens is 7. The number of thiazole rings is 1. The van der Waals surface area contributed by atoms with Crippen LogP contribution in [0.4, 0.5) is 26.3 Å². The van der Waals surface area contributed by atoms with Gasteiger partial charge in [-0.2, -0.15) is 26.3 Å². The monoisotopic (exact) mass is 2060 g/mol. The molecule has 0 fully saturated rings. The van der Waals surface area contributed by atoms with E-state index >= 15 is 0 Å². The molecular weight excluding hydrogens is 1970 g/mol. The molecule has 0 spiro atoms. The Hall–Kier alpha value is -19.4. The van der Waals surface area contributed by atoms with Crippen molar-refractivity contribution in [1.82, 2.24) is 123 Å². The molecular formula is C105H92ClF6N31O6S. The molecule has 18 rings (SSSR count). The summed E-state index contributed by atoms with van der Waals surface area (Å²) in [6.07, 6.45) is 24.0. The Labute approximate surface area is 861 Å². The summed E-state index contributed by atoms with van der Waals surface area (Å²) in [5.74, 6) is -3.35. The number of nitrogens with two attached hydrogens (primary N) is 6. The van der Waals surface area contributed by atoms with Crippen LogP contribution < -0.4 is 34.4 Å². The van der Waals surface area contributed by atoms with Gasteiger partial charge in [0.1, 0.15) is 54.5 Å². The Morgan fingerprint density at radius 3 is 0.933 bits per heavy atom. The highest BCUT2D eigenvalue weighted by molar-refractivity contribution is 7.11. The fourth-order valence-corrected chi connectivity index (χ4v) is 15.6. The van der Waals surface area contributed by atoms with Crippen molar-refractivity contribution in [2.24, 2.45) is 34.4 Å². The smallest absolute Gasteiger partial charge is 0.366 e. The lowest BCUT2D eigenvalue weighted by Gasteiger charge is -2.09. The van der Waals surface area contributed by atoms with Gasteiger partial charge in [-0.05, 0) is 209 Å². The largest absolute Gasteiger partial charge is 0.416 e. The van der Waals surface area contributed by atoms with E-state index in [-0.39, 0.29) is 50.4 Å². The molecule has 0 bridgehead atoms. The average molecular weight is 2070 g/mol. The van der Waals surface area contributed by atoms with E-state index in [1.54, 1.807) is 30.5 Å². The van der Waals surface area contributed by atoms with Gasteiger partial charge in [0.05, 0.1) is 39.0 Å². The zero-order chi connectivity index (χ0) is 108. The molecule has 0 saturated heterocycles. The van der Waals surface area contributed by atoms with E-state index in [1.807, 2.05) is 130 Å². The van der Waals surface area contributed by atoms with Gasteiger partial charge < -0.3 is 34.4 Å². The number of hydrogen-bond acceptors (Lipinski definition) is 26. The Morgan fingerprint density at radius 2 is 0.627 bits per heavy atom. The number of primary amides is 6. The standard InChI is InChI=1S/C18H16ClN5O.3C18H16FN5O.C17H16N6O.C16H12F3N5OS/c1-11-5-12(2)7-14(6-11)18-22-10-24(23-18)9-15(17(20)25)13-3-4-16(19)21-8-13;1-11-5-12(2)7-14(6-11)18-22-10-24(23-18)9-15(17(20)25)13-3-4-21-16(19)8-13;1-11-5-12(2)7-14(6-11)18-22-10-24(23-18)9-15(17(20)25)13-3-4-16(19)21-8-13;1-11-6-12(2)8-13(7-11)18-22-10-24(23-18)9-15(17(20)25)14-4-3-5-21-16(14)19;1-11-3-12(2)5-13(4-11)17-21-10-23(22-17)8-15(16(18)24)14-6-19-9-20-7-14;1-9-4-10(6-11(5-9)16(17,18)19)14-22-8-24(23-14)7-12(13(20)25)15-21-2-3-26-15/h4*3-10H,1-2H3,(H2,20,25);3-10H,1-2H3,(H2,18,24);2-8H,1H3,(H2,20,25)/b4*15-9-;15-8-;12-7-. The van der Waals surface area contributed by atoms with Crippen molar-refractivity contribution >= 4 is 129 Å². The Kier molecular flexibility index (Phi) is 35.1. The van der Waals surface area contributed by atoms with Gasteiger partial charge in [-0.15, -0.1) is 41.9 Å². The van der Waals surface area contributed by atoms with Gasteiger partial charge in [0.25, 0.3) is 35.4 Å². The third kappa shape index (κ3) is 29.9. The average Bonchev–Trinajstić information content (AvgIpc) is 1.54. The molecule has 758 valence electrons. The zero-order valence-corrected chi connectivity index (χ0v) is 83.4. The second-order valence-electron chi connectivity index (χ2n) is 33.6. The minimum atomic E-state index is -4.47. The molecule has 0 unspecified atom stereocenters. The van der Waals surface area contributed by atoms with Crippen LogP contribution in [0, 0.1) is 94.0 Å². The molecule has 12 heterocycles. The summed E-state index contributed by atoms with van der Waals surface area (Å²) in [7, 11) is 0. The van der Waals surface area contributed by atoms with Crippen LogP contribution in [0.3, 0.4) is 0 Å². The predicted molar refractivity (Wildman–Crippen MR) is 556 cm³/mol. The van der Waals surface area contributed by atoms with Crippen LogP contribution >= 0.6 is 22.9 Å². The third-order valence-corrected chi connectivity index (χ3v) is 22.0. The summed E-state index contributed by atoms with van der Waals surface area (Å²) in [4.78, 5) is 122. The first-order valence-electron chi connectivity index (χ1n) is 44.8. The second-order valence-corrected chi connectivity index (χ2v) is 34.9. The number of alkyl halides is 3. The molecule has 150 heavy (non-hydrogen) atoms. The Bertz CT molecular complexity index is 7970. The minimum absolute atomic E-state index is 0.0125. The van der Waals surface area contributed by atoms with E-state index in [0.29, 0.717) is 67.1 Å². The summed E-state index contributed by atoms with van der Waals surface area (Å²) in [5, 5.41) is 28.4. The first kappa shape index (κ1) is 108. The van der Waals surface area contributed by atoms with Gasteiger partial charge in [-0.1, -0.05) is 97.6 Å². The lowest BCUT2D eigenvalue weighted by molar-refractivity contribution is -0.137. The van der Waals surface area contributed by atoms with Crippen LogP contribution in [0.15, 0.2) is 251 Å². The number of aryl methyl sites for hydroxylation is 11. The normalized spacial score (nSPS) is 11.7. The van der Waals surface area contributed by atoms with Crippen LogP contribution in [-0.2, 0) is 34.9 Å². The van der Waals surface area contributed by atoms with E-state index in [0.717, 1.165) is 108 Å². The van der Waals surface area contributed by atoms with E-state index in [1.165, 1.54) is 189 Å². The lowest BCUT2D eigenvalue weighted by Crippen LogP contribution is -2.15. The Morgan fingerprint density at radius 1 is 0.307 bits per heavy atom. The first-order valence-corrected chi connectivity index (χ1v) is 46.0. The highest BCUT2D eigenvalue weighted by Gasteiger charge is 2.32. The molecule has 0 radical (unpaired) electrons. The number of benzene rings is 6. The number of carbonyl (C=O) groups excluding carboxylic acids is 6. The maximum absolute atomic E-state index is 13.9. The van der Waals surface area contributed by atoms with Crippen molar-refractivity contribution in [2.45, 2.75) is 82.3 Å². The van der Waals surface area contributed by atoms with Crippen molar-refractivity contribution in [1.29, 1.82) is 0 Å². The first-order chi connectivity index (χ1) is 71.5. The maximum Gasteiger partial charge on any atom is 0.416 e. The molecule has 0 atom stereocenters. The molecule has 12 N–H and O–H groups in total. The second kappa shape index (κ2) is 48.8. The van der Waals surface area contributed by atoms with Crippen molar-refractivity contribution in [2.75, 3.05) is 0 Å². The summed E-state index contributed by atoms with van der Waals surface area (Å²) >= 11 is 7.00. The van der Waals surface area contributed by atoms with Crippen molar-refractivity contribution in [3.8, 4) is 68.3 Å². The highest BCUT2D eigenvalue weighted by atomic mass is 35.5. The molecule has 12 aromatic heterocycles. The Balaban J connectivity index is 0.000000150. The number of carbonyl (C=O) groups is 6. The molecule has 0 aliphatic heterocycles. The number of aromatic nitrogens is 25. The molecule has 37 nitrogen and oxygen atoms in total. The van der Waals surface area contributed by atoms with Gasteiger partial charge in [-0.3, -0.25) is 28.8 Å². The summed E-state index contributed by atoms with van der Waals surface area (Å²) in [6.45, 7) is 21.6. The molecule has 6 aromatic carbocycles. The van der Waals surface area contributed by atoms with Gasteiger partial charge in [0.15, 0.2) is 34.9 Å². The van der Waals surface area contributed by atoms with E-state index in [2.05, 4.69) is 126 Å². The molecule has 0 aliphatic carbocycles. The molecule has 6 amide bonds. The van der Waals surface area contributed by atoms with Crippen molar-refractivity contribution in [3.63, 3.8) is 0 Å². The van der Waals surface area contributed by atoms with E-state index in [9.17, 15) is 55.1 Å². The lowest BCUT2D eigenvalue weighted by atomic mass is 10.1. The molecule has 18 aromatic rings. The van der Waals surface area contributed by atoms with Crippen molar-refractivity contribution in [3.05, 3.63) is 373 Å². The minimum Gasteiger partial charge on any atom is -0.366 e. The zero-order valence-electron chi connectivity index (χ0n) is 81.8. The number of amides is 6. The summed E-state index contributed by atoms with van der Waals surface area (Å²) < 4.78 is 87.3. The third-order valence-electron chi connectivity index (χ3n) is 21.0. The number of pyridine rings is 4. The quantitative estimate of drug-likeness (QED) is 0.0186. The summed E-state index contributed by atoms with van der Waals surface area (Å²) in [5.41, 5.74) is 50.7. The van der Waals surface area contributed by atoms with Crippen LogP contribution in [0.2, 0.25) is 5.15 Å². The number of nitrogens with zero attached hydrogens (tertiary/aromatic N) is 25. The van der Waals surface area contributed by atoms with Crippen LogP contribution in [0.1, 0.15) is 99.6 Å². The molecule has 45 heteroatoms. The van der Waals surface area contributed by atoms with E-state index < -0.39 is 65.0 Å². The number of rotatable bonds is 24. The van der Waals surface area contributed by atoms with E-state index in [4.69, 9.17) is 46.0 Å². The van der Waals surface area contributed by atoms with Gasteiger partial charge in [0, 0.05) is 148 Å². The highest BCUT2D eigenvalue weighted by Crippen LogP contribution is 2.35. The van der Waals surface area contributed by atoms with Crippen molar-refractivity contribution < 1.29 is 55.1 Å². The van der Waals surface area contributed by atoms with Crippen LogP contribution in [0.25, 0.3) is 139 Å². The molecule has 0 saturated carbocycles. The topological polar surface area (TPSA) is 533 Å². The molecule has 0 aliphatic rings. The van der Waals surface area contributed by atoms with Crippen LogP contribution in [0.5, 0.6) is 0 Å². The predicted octanol–water partition coefficient (Wildman–Crippen LogP) is 15.9. The van der Waals surface area contributed by atoms with Gasteiger partial charge in [0.2, 0.25) is 17.8 Å². The fourth-order valence-electron chi connectivity index (χ4n) is 14.8. The van der Waals surface area contributed by atoms with Gasteiger partial charge in [-0.25, -0.2) is 92.9 Å². The maximum atomic E-state index is 13.9. The number of hydrogen-bond donors (Lipinski definition) is 6. The summed E-state index contributed by atoms with van der Waals surface area (Å²) in [6, 6.07) is 45.3. The fraction of sp³-hybridized carbons (Fsp3) is 0.114. The van der Waals surface area contributed by atoms with Crippen LogP contribution in [-0.4, -0.2) is 159 Å².